The lowest BCUT2D eigenvalue weighted by atomic mass is 9.99. The van der Waals surface area contributed by atoms with Crippen LogP contribution in [0.1, 0.15) is 31.2 Å². The zero-order valence-corrected chi connectivity index (χ0v) is 14.0. The Hall–Kier alpha value is -2.07. The van der Waals surface area contributed by atoms with Gasteiger partial charge in [-0.15, -0.1) is 0 Å². The van der Waals surface area contributed by atoms with Crippen molar-refractivity contribution < 1.29 is 4.79 Å². The number of hydrogen-bond acceptors (Lipinski definition) is 2. The summed E-state index contributed by atoms with van der Waals surface area (Å²) in [5.41, 5.74) is 2.19. The predicted molar refractivity (Wildman–Crippen MR) is 95.2 cm³/mol. The summed E-state index contributed by atoms with van der Waals surface area (Å²) >= 11 is 0. The minimum atomic E-state index is 0.154. The van der Waals surface area contributed by atoms with E-state index in [9.17, 15) is 4.79 Å². The van der Waals surface area contributed by atoms with E-state index in [1.54, 1.807) is 0 Å². The first kappa shape index (κ1) is 15.5. The lowest BCUT2D eigenvalue weighted by Crippen LogP contribution is -2.47. The van der Waals surface area contributed by atoms with Gasteiger partial charge in [-0.25, -0.2) is 0 Å². The molecule has 126 valence electrons. The monoisotopic (exact) mass is 323 g/mol. The molecule has 0 saturated carbocycles. The number of aromatic nitrogens is 1. The number of carbonyl (C=O) groups is 1. The molecule has 4 rings (SSSR count). The number of nitrogens with one attached hydrogen (secondary N) is 1. The molecule has 1 aromatic carbocycles. The summed E-state index contributed by atoms with van der Waals surface area (Å²) in [5.74, 6) is 0.154. The van der Waals surface area contributed by atoms with Crippen LogP contribution in [0.4, 0.5) is 0 Å². The van der Waals surface area contributed by atoms with Crippen LogP contribution in [0.15, 0.2) is 48.8 Å². The quantitative estimate of drug-likeness (QED) is 0.939. The summed E-state index contributed by atoms with van der Waals surface area (Å²) in [7, 11) is 0. The summed E-state index contributed by atoms with van der Waals surface area (Å²) < 4.78 is 2.07. The number of rotatable bonds is 4. The van der Waals surface area contributed by atoms with Gasteiger partial charge in [-0.2, -0.15) is 0 Å². The Labute approximate surface area is 143 Å². The van der Waals surface area contributed by atoms with E-state index in [0.29, 0.717) is 18.5 Å². The van der Waals surface area contributed by atoms with E-state index in [4.69, 9.17) is 0 Å². The van der Waals surface area contributed by atoms with Gasteiger partial charge in [0.15, 0.2) is 0 Å². The van der Waals surface area contributed by atoms with Gasteiger partial charge in [0.25, 0.3) is 0 Å². The summed E-state index contributed by atoms with van der Waals surface area (Å²) in [6.45, 7) is 2.35. The van der Waals surface area contributed by atoms with Crippen LogP contribution in [-0.2, 0) is 11.2 Å². The number of benzene rings is 1. The van der Waals surface area contributed by atoms with Gasteiger partial charge < -0.3 is 9.88 Å². The van der Waals surface area contributed by atoms with Crippen molar-refractivity contribution in [3.63, 3.8) is 0 Å². The number of amides is 1. The van der Waals surface area contributed by atoms with Crippen molar-refractivity contribution in [2.45, 2.75) is 44.2 Å². The second-order valence-corrected chi connectivity index (χ2v) is 7.00. The molecule has 4 nitrogen and oxygen atoms in total. The SMILES string of the molecule is O=C(Cc1ccc(-n2cccc2)cc1)N[C@@H]1CCN2CCCC[C@@H]12. The van der Waals surface area contributed by atoms with Gasteiger partial charge in [0, 0.05) is 36.7 Å². The van der Waals surface area contributed by atoms with E-state index in [2.05, 4.69) is 39.0 Å². The Morgan fingerprint density at radius 2 is 1.83 bits per heavy atom. The first-order valence-corrected chi connectivity index (χ1v) is 9.05. The second-order valence-electron chi connectivity index (χ2n) is 7.00. The Balaban J connectivity index is 1.34. The van der Waals surface area contributed by atoms with E-state index >= 15 is 0 Å². The van der Waals surface area contributed by atoms with Gasteiger partial charge in [0.05, 0.1) is 6.42 Å². The molecule has 0 spiro atoms. The molecule has 1 amide bonds. The summed E-state index contributed by atoms with van der Waals surface area (Å²) in [6, 6.07) is 13.2. The zero-order valence-electron chi connectivity index (χ0n) is 14.0. The third kappa shape index (κ3) is 3.24. The summed E-state index contributed by atoms with van der Waals surface area (Å²) in [5, 5.41) is 3.28. The molecule has 2 atom stereocenters. The van der Waals surface area contributed by atoms with E-state index in [0.717, 1.165) is 24.2 Å². The standard InChI is InChI=1S/C20H25N3O/c24-20(21-18-10-14-23-13-2-1-5-19(18)23)15-16-6-8-17(9-7-16)22-11-3-4-12-22/h3-4,6-9,11-12,18-19H,1-2,5,10,13-15H2,(H,21,24)/t18-,19+/m1/s1. The molecule has 2 saturated heterocycles. The lowest BCUT2D eigenvalue weighted by molar-refractivity contribution is -0.121. The Bertz CT molecular complexity index is 677. The van der Waals surface area contributed by atoms with Gasteiger partial charge in [-0.05, 0) is 55.6 Å². The highest BCUT2D eigenvalue weighted by molar-refractivity contribution is 5.79. The number of fused-ring (bicyclic) bond motifs is 1. The Morgan fingerprint density at radius 3 is 2.62 bits per heavy atom. The third-order valence-corrected chi connectivity index (χ3v) is 5.41. The molecule has 0 bridgehead atoms. The number of piperidine rings is 1. The van der Waals surface area contributed by atoms with Crippen LogP contribution >= 0.6 is 0 Å². The maximum Gasteiger partial charge on any atom is 0.224 e. The molecule has 1 N–H and O–H groups in total. The summed E-state index contributed by atoms with van der Waals surface area (Å²) in [4.78, 5) is 15.0. The van der Waals surface area contributed by atoms with Gasteiger partial charge in [0.1, 0.15) is 0 Å². The molecule has 2 aliphatic heterocycles. The molecule has 2 aromatic rings. The number of hydrogen-bond donors (Lipinski definition) is 1. The molecular weight excluding hydrogens is 298 g/mol. The molecular formula is C20H25N3O. The van der Waals surface area contributed by atoms with Crippen molar-refractivity contribution in [2.75, 3.05) is 13.1 Å². The average Bonchev–Trinajstić information content (AvgIpc) is 3.26. The van der Waals surface area contributed by atoms with Crippen molar-refractivity contribution in [3.05, 3.63) is 54.4 Å². The minimum Gasteiger partial charge on any atom is -0.351 e. The molecule has 2 fully saturated rings. The van der Waals surface area contributed by atoms with Crippen molar-refractivity contribution in [2.24, 2.45) is 0 Å². The minimum absolute atomic E-state index is 0.154. The van der Waals surface area contributed by atoms with Gasteiger partial charge in [0.2, 0.25) is 5.91 Å². The van der Waals surface area contributed by atoms with Crippen LogP contribution in [0.25, 0.3) is 5.69 Å². The van der Waals surface area contributed by atoms with Crippen molar-refractivity contribution >= 4 is 5.91 Å². The second kappa shape index (κ2) is 6.81. The van der Waals surface area contributed by atoms with Gasteiger partial charge in [-0.1, -0.05) is 18.6 Å². The van der Waals surface area contributed by atoms with Crippen molar-refractivity contribution in [1.29, 1.82) is 0 Å². The van der Waals surface area contributed by atoms with Gasteiger partial charge >= 0.3 is 0 Å². The van der Waals surface area contributed by atoms with Crippen LogP contribution in [-0.4, -0.2) is 40.5 Å². The third-order valence-electron chi connectivity index (χ3n) is 5.41. The van der Waals surface area contributed by atoms with Crippen LogP contribution in [0.5, 0.6) is 0 Å². The van der Waals surface area contributed by atoms with Crippen LogP contribution in [0.2, 0.25) is 0 Å². The fourth-order valence-corrected chi connectivity index (χ4v) is 4.15. The van der Waals surface area contributed by atoms with E-state index in [1.165, 1.54) is 25.8 Å². The highest BCUT2D eigenvalue weighted by atomic mass is 16.1. The van der Waals surface area contributed by atoms with E-state index in [-0.39, 0.29) is 5.91 Å². The number of carbonyl (C=O) groups excluding carboxylic acids is 1. The lowest BCUT2D eigenvalue weighted by Gasteiger charge is -2.32. The zero-order chi connectivity index (χ0) is 16.4. The number of nitrogens with zero attached hydrogens (tertiary/aromatic N) is 2. The first-order chi connectivity index (χ1) is 11.8. The van der Waals surface area contributed by atoms with Crippen LogP contribution < -0.4 is 5.32 Å². The molecule has 0 unspecified atom stereocenters. The molecule has 24 heavy (non-hydrogen) atoms. The maximum atomic E-state index is 12.4. The van der Waals surface area contributed by atoms with Crippen LogP contribution in [0.3, 0.4) is 0 Å². The highest BCUT2D eigenvalue weighted by Crippen LogP contribution is 2.27. The molecule has 0 radical (unpaired) electrons. The van der Waals surface area contributed by atoms with E-state index < -0.39 is 0 Å². The normalized spacial score (nSPS) is 23.8. The van der Waals surface area contributed by atoms with Crippen LogP contribution in [0, 0.1) is 0 Å². The predicted octanol–water partition coefficient (Wildman–Crippen LogP) is 2.76. The van der Waals surface area contributed by atoms with Gasteiger partial charge in [-0.3, -0.25) is 9.69 Å². The van der Waals surface area contributed by atoms with Crippen molar-refractivity contribution in [1.82, 2.24) is 14.8 Å². The average molecular weight is 323 g/mol. The largest absolute Gasteiger partial charge is 0.351 e. The topological polar surface area (TPSA) is 37.3 Å². The fraction of sp³-hybridized carbons (Fsp3) is 0.450. The summed E-state index contributed by atoms with van der Waals surface area (Å²) in [6.07, 6.45) is 9.46. The smallest absolute Gasteiger partial charge is 0.224 e. The molecule has 0 aliphatic carbocycles. The van der Waals surface area contributed by atoms with Crippen molar-refractivity contribution in [3.8, 4) is 5.69 Å². The molecule has 2 aliphatic rings. The Morgan fingerprint density at radius 1 is 1.04 bits per heavy atom. The first-order valence-electron chi connectivity index (χ1n) is 9.05. The maximum absolute atomic E-state index is 12.4. The molecule has 1 aromatic heterocycles. The molecule has 3 heterocycles. The Kier molecular flexibility index (Phi) is 4.39. The highest BCUT2D eigenvalue weighted by Gasteiger charge is 2.36. The molecule has 4 heteroatoms. The van der Waals surface area contributed by atoms with E-state index in [1.807, 2.05) is 24.5 Å². The fourth-order valence-electron chi connectivity index (χ4n) is 4.15.